The predicted molar refractivity (Wildman–Crippen MR) is 70.7 cm³/mol. The van der Waals surface area contributed by atoms with Crippen LogP contribution in [-0.2, 0) is 27.4 Å². The zero-order valence-electron chi connectivity index (χ0n) is 11.4. The molecule has 0 aliphatic heterocycles. The van der Waals surface area contributed by atoms with Crippen molar-refractivity contribution in [3.63, 3.8) is 0 Å². The van der Waals surface area contributed by atoms with Gasteiger partial charge in [0.1, 0.15) is 5.54 Å². The molecule has 1 aromatic rings. The van der Waals surface area contributed by atoms with Crippen LogP contribution in [0.2, 0.25) is 0 Å². The lowest BCUT2D eigenvalue weighted by Crippen LogP contribution is -2.50. The number of carboxylic acid groups (broad SMARTS) is 1. The van der Waals surface area contributed by atoms with Gasteiger partial charge in [-0.25, -0.2) is 4.79 Å². The summed E-state index contributed by atoms with van der Waals surface area (Å²) in [6.07, 6.45) is 0.147. The third kappa shape index (κ3) is 4.71. The van der Waals surface area contributed by atoms with Crippen molar-refractivity contribution in [1.82, 2.24) is 5.32 Å². The number of benzene rings is 1. The Morgan fingerprint density at radius 1 is 1.32 bits per heavy atom. The second kappa shape index (κ2) is 6.33. The van der Waals surface area contributed by atoms with Crippen LogP contribution in [0.25, 0.3) is 0 Å². The standard InChI is InChI=1S/C14H19NO4/c1-14(2,13(17)18)15-12(16)8-10-5-4-6-11(7-10)9-19-3/h4-7H,8-9H2,1-3H3,(H,15,16)(H,17,18). The monoisotopic (exact) mass is 265 g/mol. The third-order valence-corrected chi connectivity index (χ3v) is 2.65. The van der Waals surface area contributed by atoms with E-state index in [-0.39, 0.29) is 12.3 Å². The highest BCUT2D eigenvalue weighted by molar-refractivity contribution is 5.87. The Bertz CT molecular complexity index is 468. The van der Waals surface area contributed by atoms with Crippen LogP contribution in [0.1, 0.15) is 25.0 Å². The lowest BCUT2D eigenvalue weighted by atomic mass is 10.0. The van der Waals surface area contributed by atoms with Gasteiger partial charge >= 0.3 is 5.97 Å². The van der Waals surface area contributed by atoms with Crippen LogP contribution in [0.5, 0.6) is 0 Å². The van der Waals surface area contributed by atoms with E-state index in [0.29, 0.717) is 6.61 Å². The van der Waals surface area contributed by atoms with E-state index in [2.05, 4.69) is 5.32 Å². The van der Waals surface area contributed by atoms with Crippen LogP contribution >= 0.6 is 0 Å². The van der Waals surface area contributed by atoms with Crippen molar-refractivity contribution in [2.24, 2.45) is 0 Å². The Balaban J connectivity index is 2.67. The van der Waals surface area contributed by atoms with Gasteiger partial charge in [-0.15, -0.1) is 0 Å². The highest BCUT2D eigenvalue weighted by Crippen LogP contribution is 2.08. The number of carboxylic acids is 1. The lowest BCUT2D eigenvalue weighted by Gasteiger charge is -2.21. The molecule has 0 saturated heterocycles. The maximum atomic E-state index is 11.8. The average Bonchev–Trinajstić information content (AvgIpc) is 2.28. The predicted octanol–water partition coefficient (Wildman–Crippen LogP) is 1.35. The van der Waals surface area contributed by atoms with Crippen molar-refractivity contribution < 1.29 is 19.4 Å². The first-order valence-electron chi connectivity index (χ1n) is 5.96. The van der Waals surface area contributed by atoms with E-state index in [9.17, 15) is 9.59 Å². The molecule has 0 saturated carbocycles. The Kier molecular flexibility index (Phi) is 5.06. The van der Waals surface area contributed by atoms with E-state index in [1.54, 1.807) is 7.11 Å². The summed E-state index contributed by atoms with van der Waals surface area (Å²) in [6, 6.07) is 7.45. The SMILES string of the molecule is COCc1cccc(CC(=O)NC(C)(C)C(=O)O)c1. The van der Waals surface area contributed by atoms with Crippen molar-refractivity contribution in [3.05, 3.63) is 35.4 Å². The van der Waals surface area contributed by atoms with E-state index in [4.69, 9.17) is 9.84 Å². The number of carbonyl (C=O) groups excluding carboxylic acids is 1. The highest BCUT2D eigenvalue weighted by Gasteiger charge is 2.28. The van der Waals surface area contributed by atoms with Crippen LogP contribution in [0.4, 0.5) is 0 Å². The number of rotatable bonds is 6. The first-order chi connectivity index (χ1) is 8.85. The van der Waals surface area contributed by atoms with Crippen LogP contribution in [-0.4, -0.2) is 29.6 Å². The molecule has 0 atom stereocenters. The van der Waals surface area contributed by atoms with Crippen molar-refractivity contribution in [1.29, 1.82) is 0 Å². The normalized spacial score (nSPS) is 11.1. The minimum atomic E-state index is -1.26. The van der Waals surface area contributed by atoms with Crippen molar-refractivity contribution in [2.75, 3.05) is 7.11 Å². The molecule has 19 heavy (non-hydrogen) atoms. The third-order valence-electron chi connectivity index (χ3n) is 2.65. The Labute approximate surface area is 112 Å². The highest BCUT2D eigenvalue weighted by atomic mass is 16.5. The fourth-order valence-electron chi connectivity index (χ4n) is 1.63. The Morgan fingerprint density at radius 2 is 1.95 bits per heavy atom. The fraction of sp³-hybridized carbons (Fsp3) is 0.429. The van der Waals surface area contributed by atoms with Crippen LogP contribution in [0, 0.1) is 0 Å². The number of ether oxygens (including phenoxy) is 1. The zero-order chi connectivity index (χ0) is 14.5. The minimum absolute atomic E-state index is 0.147. The summed E-state index contributed by atoms with van der Waals surface area (Å²) in [5.41, 5.74) is 0.542. The van der Waals surface area contributed by atoms with Gasteiger partial charge in [-0.05, 0) is 25.0 Å². The molecule has 0 heterocycles. The summed E-state index contributed by atoms with van der Waals surface area (Å²) < 4.78 is 5.02. The molecular formula is C14H19NO4. The summed E-state index contributed by atoms with van der Waals surface area (Å²) in [7, 11) is 1.61. The van der Waals surface area contributed by atoms with E-state index >= 15 is 0 Å². The summed E-state index contributed by atoms with van der Waals surface area (Å²) in [5, 5.41) is 11.4. The van der Waals surface area contributed by atoms with Gasteiger partial charge in [0.2, 0.25) is 5.91 Å². The molecule has 0 bridgehead atoms. The van der Waals surface area contributed by atoms with Gasteiger partial charge in [-0.3, -0.25) is 4.79 Å². The number of aliphatic carboxylic acids is 1. The van der Waals surface area contributed by atoms with Gasteiger partial charge in [0.15, 0.2) is 0 Å². The van der Waals surface area contributed by atoms with E-state index in [0.717, 1.165) is 11.1 Å². The smallest absolute Gasteiger partial charge is 0.328 e. The topological polar surface area (TPSA) is 75.6 Å². The Morgan fingerprint density at radius 3 is 2.53 bits per heavy atom. The average molecular weight is 265 g/mol. The van der Waals surface area contributed by atoms with Crippen LogP contribution in [0.3, 0.4) is 0 Å². The minimum Gasteiger partial charge on any atom is -0.480 e. The largest absolute Gasteiger partial charge is 0.480 e. The summed E-state index contributed by atoms with van der Waals surface area (Å²) in [5.74, 6) is -1.38. The van der Waals surface area contributed by atoms with Gasteiger partial charge < -0.3 is 15.2 Å². The molecule has 5 heteroatoms. The van der Waals surface area contributed by atoms with E-state index in [1.807, 2.05) is 24.3 Å². The van der Waals surface area contributed by atoms with Gasteiger partial charge in [0.25, 0.3) is 0 Å². The second-order valence-electron chi connectivity index (χ2n) is 4.91. The van der Waals surface area contributed by atoms with Gasteiger partial charge in [-0.2, -0.15) is 0 Å². The van der Waals surface area contributed by atoms with Crippen molar-refractivity contribution >= 4 is 11.9 Å². The molecule has 1 rings (SSSR count). The molecule has 5 nitrogen and oxygen atoms in total. The second-order valence-corrected chi connectivity index (χ2v) is 4.91. The molecule has 0 radical (unpaired) electrons. The van der Waals surface area contributed by atoms with Crippen LogP contribution < -0.4 is 5.32 Å². The summed E-state index contributed by atoms with van der Waals surface area (Å²) in [6.45, 7) is 3.39. The molecule has 0 aliphatic carbocycles. The molecule has 0 spiro atoms. The number of nitrogens with one attached hydrogen (secondary N) is 1. The summed E-state index contributed by atoms with van der Waals surface area (Å²) in [4.78, 5) is 22.7. The molecule has 104 valence electrons. The number of methoxy groups -OCH3 is 1. The van der Waals surface area contributed by atoms with Crippen LogP contribution in [0.15, 0.2) is 24.3 Å². The summed E-state index contributed by atoms with van der Waals surface area (Å²) >= 11 is 0. The molecule has 1 aromatic carbocycles. The number of amides is 1. The van der Waals surface area contributed by atoms with Crippen molar-refractivity contribution in [2.45, 2.75) is 32.4 Å². The molecule has 0 aliphatic rings. The van der Waals surface area contributed by atoms with E-state index in [1.165, 1.54) is 13.8 Å². The van der Waals surface area contributed by atoms with Gasteiger partial charge in [0.05, 0.1) is 13.0 Å². The quantitative estimate of drug-likeness (QED) is 0.814. The van der Waals surface area contributed by atoms with E-state index < -0.39 is 11.5 Å². The number of hydrogen-bond acceptors (Lipinski definition) is 3. The van der Waals surface area contributed by atoms with Gasteiger partial charge in [0, 0.05) is 7.11 Å². The number of carbonyl (C=O) groups is 2. The molecule has 0 unspecified atom stereocenters. The van der Waals surface area contributed by atoms with Crippen molar-refractivity contribution in [3.8, 4) is 0 Å². The fourth-order valence-corrected chi connectivity index (χ4v) is 1.63. The molecule has 0 aromatic heterocycles. The molecule has 1 amide bonds. The Hall–Kier alpha value is -1.88. The molecular weight excluding hydrogens is 246 g/mol. The lowest BCUT2D eigenvalue weighted by molar-refractivity contribution is -0.145. The first-order valence-corrected chi connectivity index (χ1v) is 5.96. The maximum Gasteiger partial charge on any atom is 0.328 e. The molecule has 0 fully saturated rings. The number of hydrogen-bond donors (Lipinski definition) is 2. The van der Waals surface area contributed by atoms with Gasteiger partial charge in [-0.1, -0.05) is 24.3 Å². The zero-order valence-corrected chi connectivity index (χ0v) is 11.4. The molecule has 2 N–H and O–H groups in total. The first kappa shape index (κ1) is 15.2. The maximum absolute atomic E-state index is 11.8.